The Hall–Kier alpha value is -3.78. The summed E-state index contributed by atoms with van der Waals surface area (Å²) in [4.78, 5) is 82.2. The first-order chi connectivity index (χ1) is 22.1. The smallest absolute Gasteiger partial charge is 0.341 e. The van der Waals surface area contributed by atoms with Crippen LogP contribution in [0.25, 0.3) is 0 Å². The van der Waals surface area contributed by atoms with E-state index >= 15 is 0 Å². The standard InChI is InChI=1S/C33H48N4O8S2/c1-11-36(12-2)30(40)26-20(9)24(32(42)44-18(5)6)28(46-26)34-22(38)16-15-17-23(39)35-29-25(33(43)45-19(7)8)21(10)27(47-29)31(41)37(13-3)14-4/h18-19H,11-17H2,1-10H3,(H,34,38)(H,35,39). The van der Waals surface area contributed by atoms with Gasteiger partial charge in [0.1, 0.15) is 10.0 Å². The van der Waals surface area contributed by atoms with Crippen LogP contribution in [0.2, 0.25) is 0 Å². The summed E-state index contributed by atoms with van der Waals surface area (Å²) in [6, 6.07) is 0. The van der Waals surface area contributed by atoms with Crippen molar-refractivity contribution in [3.05, 3.63) is 32.0 Å². The lowest BCUT2D eigenvalue weighted by Gasteiger charge is -2.18. The topological polar surface area (TPSA) is 151 Å². The Balaban J connectivity index is 2.21. The van der Waals surface area contributed by atoms with Crippen molar-refractivity contribution in [2.45, 2.75) is 101 Å². The summed E-state index contributed by atoms with van der Waals surface area (Å²) < 4.78 is 10.8. The second-order valence-electron chi connectivity index (χ2n) is 11.3. The number of hydrogen-bond donors (Lipinski definition) is 2. The van der Waals surface area contributed by atoms with E-state index in [0.717, 1.165) is 22.7 Å². The van der Waals surface area contributed by atoms with Crippen LogP contribution in [0.1, 0.15) is 126 Å². The van der Waals surface area contributed by atoms with Gasteiger partial charge < -0.3 is 29.9 Å². The van der Waals surface area contributed by atoms with E-state index in [1.807, 2.05) is 27.7 Å². The molecular formula is C33H48N4O8S2. The van der Waals surface area contributed by atoms with Crippen molar-refractivity contribution in [1.82, 2.24) is 9.80 Å². The Labute approximate surface area is 285 Å². The highest BCUT2D eigenvalue weighted by Crippen LogP contribution is 2.36. The molecule has 0 saturated carbocycles. The zero-order valence-corrected chi connectivity index (χ0v) is 30.7. The van der Waals surface area contributed by atoms with Crippen molar-refractivity contribution >= 4 is 68.2 Å². The SMILES string of the molecule is CCN(CC)C(=O)c1sc(NC(=O)CCCC(=O)Nc2sc(C(=O)N(CC)CC)c(C)c2C(=O)OC(C)C)c(C(=O)OC(C)C)c1C. The van der Waals surface area contributed by atoms with Gasteiger partial charge in [0.05, 0.1) is 33.1 Å². The maximum atomic E-state index is 13.1. The predicted octanol–water partition coefficient (Wildman–Crippen LogP) is 6.27. The van der Waals surface area contributed by atoms with Crippen LogP contribution >= 0.6 is 22.7 Å². The van der Waals surface area contributed by atoms with E-state index in [9.17, 15) is 28.8 Å². The maximum absolute atomic E-state index is 13.1. The summed E-state index contributed by atoms with van der Waals surface area (Å²) in [6.45, 7) is 19.5. The summed E-state index contributed by atoms with van der Waals surface area (Å²) >= 11 is 2.04. The molecule has 2 heterocycles. The van der Waals surface area contributed by atoms with E-state index in [1.165, 1.54) is 0 Å². The molecule has 47 heavy (non-hydrogen) atoms. The highest BCUT2D eigenvalue weighted by Gasteiger charge is 2.30. The number of esters is 2. The van der Waals surface area contributed by atoms with Gasteiger partial charge >= 0.3 is 11.9 Å². The van der Waals surface area contributed by atoms with Gasteiger partial charge in [0, 0.05) is 39.0 Å². The fourth-order valence-corrected chi connectivity index (χ4v) is 7.10. The molecule has 0 aliphatic carbocycles. The van der Waals surface area contributed by atoms with Gasteiger partial charge in [0.25, 0.3) is 11.8 Å². The molecule has 0 fully saturated rings. The van der Waals surface area contributed by atoms with E-state index in [2.05, 4.69) is 10.6 Å². The fourth-order valence-electron chi connectivity index (χ4n) is 4.75. The van der Waals surface area contributed by atoms with Gasteiger partial charge in [0.2, 0.25) is 11.8 Å². The fraction of sp³-hybridized carbons (Fsp3) is 0.576. The first kappa shape index (κ1) is 39.4. The zero-order chi connectivity index (χ0) is 35.6. The molecular weight excluding hydrogens is 645 g/mol. The number of ether oxygens (including phenoxy) is 2. The zero-order valence-electron chi connectivity index (χ0n) is 29.1. The number of hydrogen-bond acceptors (Lipinski definition) is 10. The van der Waals surface area contributed by atoms with Gasteiger partial charge in [-0.05, 0) is 86.8 Å². The molecule has 0 saturated heterocycles. The molecule has 0 atom stereocenters. The van der Waals surface area contributed by atoms with E-state index in [0.29, 0.717) is 47.1 Å². The molecule has 4 amide bonds. The number of thiophene rings is 2. The van der Waals surface area contributed by atoms with Crippen molar-refractivity contribution in [2.75, 3.05) is 36.8 Å². The molecule has 2 rings (SSSR count). The van der Waals surface area contributed by atoms with E-state index in [-0.39, 0.29) is 52.2 Å². The summed E-state index contributed by atoms with van der Waals surface area (Å²) in [5.41, 5.74) is 1.14. The Morgan fingerprint density at radius 1 is 0.617 bits per heavy atom. The highest BCUT2D eigenvalue weighted by molar-refractivity contribution is 7.19. The minimum atomic E-state index is -0.640. The van der Waals surface area contributed by atoms with Crippen LogP contribution in [0, 0.1) is 13.8 Å². The van der Waals surface area contributed by atoms with Crippen molar-refractivity contribution in [2.24, 2.45) is 0 Å². The molecule has 0 spiro atoms. The van der Waals surface area contributed by atoms with Gasteiger partial charge in [-0.3, -0.25) is 19.2 Å². The van der Waals surface area contributed by atoms with Crippen LogP contribution in [0.4, 0.5) is 10.0 Å². The maximum Gasteiger partial charge on any atom is 0.341 e. The summed E-state index contributed by atoms with van der Waals surface area (Å²) in [5.74, 6) is -2.65. The number of anilines is 2. The molecule has 0 radical (unpaired) electrons. The summed E-state index contributed by atoms with van der Waals surface area (Å²) in [7, 11) is 0. The minimum Gasteiger partial charge on any atom is -0.459 e. The Bertz CT molecular complexity index is 1360. The first-order valence-electron chi connectivity index (χ1n) is 16.0. The number of nitrogens with zero attached hydrogens (tertiary/aromatic N) is 2. The number of carbonyl (C=O) groups excluding carboxylic acids is 6. The van der Waals surface area contributed by atoms with Crippen molar-refractivity contribution in [1.29, 1.82) is 0 Å². The summed E-state index contributed by atoms with van der Waals surface area (Å²) in [5, 5.41) is 5.91. The molecule has 2 aromatic rings. The number of amides is 4. The third-order valence-electron chi connectivity index (χ3n) is 7.19. The number of rotatable bonds is 16. The van der Waals surface area contributed by atoms with E-state index < -0.39 is 36.0 Å². The second kappa shape index (κ2) is 17.9. The van der Waals surface area contributed by atoms with Crippen molar-refractivity contribution < 1.29 is 38.2 Å². The molecule has 0 bridgehead atoms. The Kier molecular flexibility index (Phi) is 15.0. The molecule has 2 aromatic heterocycles. The van der Waals surface area contributed by atoms with Crippen LogP contribution < -0.4 is 10.6 Å². The molecule has 0 unspecified atom stereocenters. The molecule has 12 nitrogen and oxygen atoms in total. The minimum absolute atomic E-state index is 0.0558. The molecule has 260 valence electrons. The van der Waals surface area contributed by atoms with Crippen LogP contribution in [0.3, 0.4) is 0 Å². The van der Waals surface area contributed by atoms with E-state index in [1.54, 1.807) is 51.3 Å². The lowest BCUT2D eigenvalue weighted by Crippen LogP contribution is -2.30. The predicted molar refractivity (Wildman–Crippen MR) is 185 cm³/mol. The van der Waals surface area contributed by atoms with Crippen LogP contribution in [-0.2, 0) is 19.1 Å². The van der Waals surface area contributed by atoms with Gasteiger partial charge in [-0.2, -0.15) is 0 Å². The molecule has 0 aliphatic rings. The van der Waals surface area contributed by atoms with E-state index in [4.69, 9.17) is 9.47 Å². The van der Waals surface area contributed by atoms with Gasteiger partial charge in [-0.15, -0.1) is 22.7 Å². The number of carbonyl (C=O) groups is 6. The molecule has 2 N–H and O–H groups in total. The largest absolute Gasteiger partial charge is 0.459 e. The monoisotopic (exact) mass is 692 g/mol. The van der Waals surface area contributed by atoms with Crippen molar-refractivity contribution in [3.63, 3.8) is 0 Å². The lowest BCUT2D eigenvalue weighted by molar-refractivity contribution is -0.117. The Morgan fingerprint density at radius 2 is 0.936 bits per heavy atom. The van der Waals surface area contributed by atoms with Gasteiger partial charge in [-0.25, -0.2) is 9.59 Å². The summed E-state index contributed by atoms with van der Waals surface area (Å²) in [6.07, 6.45) is -0.769. The third-order valence-corrected chi connectivity index (χ3v) is 9.58. The lowest BCUT2D eigenvalue weighted by atomic mass is 10.1. The first-order valence-corrected chi connectivity index (χ1v) is 17.6. The van der Waals surface area contributed by atoms with Gasteiger partial charge in [-0.1, -0.05) is 0 Å². The quantitative estimate of drug-likeness (QED) is 0.196. The van der Waals surface area contributed by atoms with Crippen LogP contribution in [-0.4, -0.2) is 83.8 Å². The molecule has 0 aromatic carbocycles. The van der Waals surface area contributed by atoms with Crippen molar-refractivity contribution in [3.8, 4) is 0 Å². The highest BCUT2D eigenvalue weighted by atomic mass is 32.1. The Morgan fingerprint density at radius 3 is 1.21 bits per heavy atom. The second-order valence-corrected chi connectivity index (χ2v) is 13.4. The average molecular weight is 693 g/mol. The van der Waals surface area contributed by atoms with Crippen LogP contribution in [0.5, 0.6) is 0 Å². The third kappa shape index (κ3) is 10.1. The average Bonchev–Trinajstić information content (AvgIpc) is 3.48. The van der Waals surface area contributed by atoms with Gasteiger partial charge in [0.15, 0.2) is 0 Å². The number of nitrogens with one attached hydrogen (secondary N) is 2. The normalized spacial score (nSPS) is 11.0. The van der Waals surface area contributed by atoms with Crippen LogP contribution in [0.15, 0.2) is 0 Å². The molecule has 14 heteroatoms. The molecule has 0 aliphatic heterocycles.